The summed E-state index contributed by atoms with van der Waals surface area (Å²) >= 11 is 0. The van der Waals surface area contributed by atoms with Gasteiger partial charge in [0, 0.05) is 5.56 Å². The molecule has 1 heteroatoms. The van der Waals surface area contributed by atoms with E-state index in [0.717, 1.165) is 29.9 Å². The van der Waals surface area contributed by atoms with Crippen molar-refractivity contribution in [1.82, 2.24) is 0 Å². The molecule has 1 aliphatic carbocycles. The smallest absolute Gasteiger partial charge is 0.139 e. The molecule has 0 atom stereocenters. The van der Waals surface area contributed by atoms with Gasteiger partial charge < -0.3 is 0 Å². The summed E-state index contributed by atoms with van der Waals surface area (Å²) in [6, 6.07) is 13.5. The quantitative estimate of drug-likeness (QED) is 0.440. The van der Waals surface area contributed by atoms with Crippen molar-refractivity contribution in [3.63, 3.8) is 0 Å². The van der Waals surface area contributed by atoms with Crippen molar-refractivity contribution >= 4 is 0 Å². The first-order valence-corrected chi connectivity index (χ1v) is 9.63. The summed E-state index contributed by atoms with van der Waals surface area (Å²) < 4.78 is 14.4. The molecule has 1 fully saturated rings. The highest BCUT2D eigenvalue weighted by Crippen LogP contribution is 2.32. The SMILES string of the molecule is C=CC1CCC(CCc2ccc(C#Cc3ccc(C)cc3)c(F)c2)CC1. The van der Waals surface area contributed by atoms with Crippen LogP contribution < -0.4 is 0 Å². The number of allylic oxidation sites excluding steroid dienone is 1. The molecule has 0 unspecified atom stereocenters. The molecule has 0 heterocycles. The summed E-state index contributed by atoms with van der Waals surface area (Å²) in [5.41, 5.74) is 3.66. The van der Waals surface area contributed by atoms with Gasteiger partial charge in [-0.05, 0) is 87.1 Å². The molecule has 1 saturated carbocycles. The first kappa shape index (κ1) is 18.5. The van der Waals surface area contributed by atoms with E-state index in [2.05, 4.69) is 24.5 Å². The highest BCUT2D eigenvalue weighted by molar-refractivity contribution is 5.44. The van der Waals surface area contributed by atoms with Crippen molar-refractivity contribution in [2.75, 3.05) is 0 Å². The van der Waals surface area contributed by atoms with Gasteiger partial charge in [0.1, 0.15) is 5.82 Å². The van der Waals surface area contributed by atoms with E-state index in [1.807, 2.05) is 43.3 Å². The number of halogens is 1. The lowest BCUT2D eigenvalue weighted by atomic mass is 9.79. The molecule has 0 spiro atoms. The molecule has 0 aliphatic heterocycles. The standard InChI is InChI=1S/C25H27F/c1-3-20-8-10-22(11-9-20)12-13-23-15-17-24(25(26)18-23)16-14-21-6-4-19(2)5-7-21/h3-7,15,17-18,20,22H,1,8-13H2,2H3. The molecule has 0 N–H and O–H groups in total. The molecule has 2 aromatic rings. The Morgan fingerprint density at radius 2 is 1.77 bits per heavy atom. The largest absolute Gasteiger partial charge is 0.206 e. The Kier molecular flexibility index (Phi) is 6.29. The van der Waals surface area contributed by atoms with E-state index in [0.29, 0.717) is 11.5 Å². The molecular formula is C25H27F. The van der Waals surface area contributed by atoms with Gasteiger partial charge in [0.15, 0.2) is 0 Å². The number of hydrogen-bond donors (Lipinski definition) is 0. The van der Waals surface area contributed by atoms with Crippen LogP contribution in [0.4, 0.5) is 4.39 Å². The van der Waals surface area contributed by atoms with Gasteiger partial charge in [0.2, 0.25) is 0 Å². The second kappa shape index (κ2) is 8.86. The van der Waals surface area contributed by atoms with Gasteiger partial charge in [-0.1, -0.05) is 41.7 Å². The third kappa shape index (κ3) is 5.09. The highest BCUT2D eigenvalue weighted by atomic mass is 19.1. The van der Waals surface area contributed by atoms with Crippen LogP contribution in [0.3, 0.4) is 0 Å². The molecule has 26 heavy (non-hydrogen) atoms. The van der Waals surface area contributed by atoms with Gasteiger partial charge in [-0.2, -0.15) is 0 Å². The van der Waals surface area contributed by atoms with E-state index >= 15 is 0 Å². The molecule has 0 nitrogen and oxygen atoms in total. The molecule has 3 rings (SSSR count). The summed E-state index contributed by atoms with van der Waals surface area (Å²) in [4.78, 5) is 0. The van der Waals surface area contributed by atoms with E-state index in [1.54, 1.807) is 6.07 Å². The van der Waals surface area contributed by atoms with Gasteiger partial charge in [-0.25, -0.2) is 4.39 Å². The Balaban J connectivity index is 1.58. The maximum Gasteiger partial charge on any atom is 0.139 e. The maximum absolute atomic E-state index is 14.4. The average Bonchev–Trinajstić information content (AvgIpc) is 2.67. The molecule has 0 aromatic heterocycles. The van der Waals surface area contributed by atoms with E-state index < -0.39 is 0 Å². The Bertz CT molecular complexity index is 796. The van der Waals surface area contributed by atoms with Crippen molar-refractivity contribution < 1.29 is 4.39 Å². The minimum Gasteiger partial charge on any atom is -0.206 e. The predicted molar refractivity (Wildman–Crippen MR) is 108 cm³/mol. The second-order valence-electron chi connectivity index (χ2n) is 7.49. The van der Waals surface area contributed by atoms with Crippen molar-refractivity contribution in [3.8, 4) is 11.8 Å². The first-order valence-electron chi connectivity index (χ1n) is 9.63. The summed E-state index contributed by atoms with van der Waals surface area (Å²) in [6.45, 7) is 5.95. The normalized spacial score (nSPS) is 19.5. The van der Waals surface area contributed by atoms with Crippen LogP contribution in [0, 0.1) is 36.4 Å². The zero-order valence-electron chi connectivity index (χ0n) is 15.6. The second-order valence-corrected chi connectivity index (χ2v) is 7.49. The third-order valence-electron chi connectivity index (χ3n) is 5.49. The van der Waals surface area contributed by atoms with Gasteiger partial charge in [0.05, 0.1) is 5.56 Å². The molecular weight excluding hydrogens is 319 g/mol. The van der Waals surface area contributed by atoms with E-state index in [1.165, 1.54) is 31.2 Å². The van der Waals surface area contributed by atoms with Gasteiger partial charge in [-0.3, -0.25) is 0 Å². The maximum atomic E-state index is 14.4. The van der Waals surface area contributed by atoms with Crippen LogP contribution in [0.25, 0.3) is 0 Å². The predicted octanol–water partition coefficient (Wildman–Crippen LogP) is 6.46. The van der Waals surface area contributed by atoms with Crippen LogP contribution in [0.1, 0.15) is 54.4 Å². The number of aryl methyl sites for hydroxylation is 2. The zero-order valence-corrected chi connectivity index (χ0v) is 15.6. The van der Waals surface area contributed by atoms with Crippen LogP contribution in [-0.2, 0) is 6.42 Å². The Labute approximate surface area is 157 Å². The summed E-state index contributed by atoms with van der Waals surface area (Å²) in [6.07, 6.45) is 9.27. The topological polar surface area (TPSA) is 0 Å². The Morgan fingerprint density at radius 1 is 1.04 bits per heavy atom. The van der Waals surface area contributed by atoms with Crippen molar-refractivity contribution in [1.29, 1.82) is 0 Å². The van der Waals surface area contributed by atoms with Crippen LogP contribution in [0.15, 0.2) is 55.1 Å². The molecule has 0 amide bonds. The molecule has 0 radical (unpaired) electrons. The fourth-order valence-corrected chi connectivity index (χ4v) is 3.68. The Morgan fingerprint density at radius 3 is 2.42 bits per heavy atom. The molecule has 0 saturated heterocycles. The van der Waals surface area contributed by atoms with E-state index in [4.69, 9.17) is 0 Å². The number of hydrogen-bond acceptors (Lipinski definition) is 0. The van der Waals surface area contributed by atoms with E-state index in [9.17, 15) is 4.39 Å². The Hall–Kier alpha value is -2.33. The molecule has 1 aliphatic rings. The zero-order chi connectivity index (χ0) is 18.4. The molecule has 2 aromatic carbocycles. The van der Waals surface area contributed by atoms with Crippen molar-refractivity contribution in [3.05, 3.63) is 83.2 Å². The highest BCUT2D eigenvalue weighted by Gasteiger charge is 2.18. The summed E-state index contributed by atoms with van der Waals surface area (Å²) in [7, 11) is 0. The van der Waals surface area contributed by atoms with Crippen LogP contribution in [-0.4, -0.2) is 0 Å². The van der Waals surface area contributed by atoms with Crippen LogP contribution >= 0.6 is 0 Å². The molecule has 0 bridgehead atoms. The minimum absolute atomic E-state index is 0.211. The van der Waals surface area contributed by atoms with Gasteiger partial charge in [-0.15, -0.1) is 6.58 Å². The fraction of sp³-hybridized carbons (Fsp3) is 0.360. The number of rotatable bonds is 4. The average molecular weight is 346 g/mol. The minimum atomic E-state index is -0.211. The lowest BCUT2D eigenvalue weighted by Gasteiger charge is -2.26. The first-order chi connectivity index (χ1) is 12.6. The van der Waals surface area contributed by atoms with E-state index in [-0.39, 0.29) is 5.82 Å². The number of benzene rings is 2. The van der Waals surface area contributed by atoms with Gasteiger partial charge >= 0.3 is 0 Å². The van der Waals surface area contributed by atoms with Gasteiger partial charge in [0.25, 0.3) is 0 Å². The lowest BCUT2D eigenvalue weighted by molar-refractivity contribution is 0.296. The summed E-state index contributed by atoms with van der Waals surface area (Å²) in [5, 5.41) is 0. The van der Waals surface area contributed by atoms with Crippen molar-refractivity contribution in [2.24, 2.45) is 11.8 Å². The van der Waals surface area contributed by atoms with Crippen molar-refractivity contribution in [2.45, 2.75) is 45.4 Å². The molecule has 134 valence electrons. The summed E-state index contributed by atoms with van der Waals surface area (Å²) in [5.74, 6) is 7.27. The monoisotopic (exact) mass is 346 g/mol. The third-order valence-corrected chi connectivity index (χ3v) is 5.49. The lowest BCUT2D eigenvalue weighted by Crippen LogP contribution is -2.13. The fourth-order valence-electron chi connectivity index (χ4n) is 3.68. The van der Waals surface area contributed by atoms with Crippen LogP contribution in [0.5, 0.6) is 0 Å². The van der Waals surface area contributed by atoms with Crippen LogP contribution in [0.2, 0.25) is 0 Å².